The first-order valence-electron chi connectivity index (χ1n) is 11.1. The summed E-state index contributed by atoms with van der Waals surface area (Å²) in [5.41, 5.74) is -0.999. The van der Waals surface area contributed by atoms with Gasteiger partial charge in [0.25, 0.3) is 0 Å². The third-order valence-corrected chi connectivity index (χ3v) is 8.81. The maximum atomic E-state index is 13.6. The van der Waals surface area contributed by atoms with E-state index in [1.165, 1.54) is 0 Å². The number of esters is 2. The Morgan fingerprint density at radius 2 is 1.66 bits per heavy atom. The van der Waals surface area contributed by atoms with E-state index in [-0.39, 0.29) is 29.8 Å². The lowest BCUT2D eigenvalue weighted by Crippen LogP contribution is -2.55. The van der Waals surface area contributed by atoms with Crippen molar-refractivity contribution < 1.29 is 45.6 Å². The van der Waals surface area contributed by atoms with Gasteiger partial charge >= 0.3 is 27.3 Å². The molecule has 1 N–H and O–H groups in total. The Morgan fingerprint density at radius 3 is 2.16 bits per heavy atom. The zero-order valence-electron chi connectivity index (χ0n) is 18.1. The number of hydrogen-bond donors (Lipinski definition) is 1. The average Bonchev–Trinajstić information content (AvgIpc) is 2.63. The zero-order chi connectivity index (χ0) is 23.4. The molecule has 2 unspecified atom stereocenters. The van der Waals surface area contributed by atoms with Crippen LogP contribution in [0.3, 0.4) is 0 Å². The van der Waals surface area contributed by atoms with Crippen LogP contribution in [0.15, 0.2) is 0 Å². The highest BCUT2D eigenvalue weighted by molar-refractivity contribution is 7.87. The van der Waals surface area contributed by atoms with Gasteiger partial charge in [0.1, 0.15) is 6.61 Å². The highest BCUT2D eigenvalue weighted by Crippen LogP contribution is 2.66. The van der Waals surface area contributed by atoms with Crippen molar-refractivity contribution in [1.29, 1.82) is 0 Å². The minimum Gasteiger partial charge on any atom is -0.465 e. The van der Waals surface area contributed by atoms with Gasteiger partial charge in [0, 0.05) is 5.41 Å². The van der Waals surface area contributed by atoms with Crippen LogP contribution in [0, 0.1) is 28.1 Å². The molecule has 0 amide bonds. The maximum Gasteiger partial charge on any atom is 0.465 e. The molecule has 1 aliphatic heterocycles. The van der Waals surface area contributed by atoms with Gasteiger partial charge in [0.2, 0.25) is 0 Å². The molecule has 1 heterocycles. The van der Waals surface area contributed by atoms with E-state index >= 15 is 0 Å². The van der Waals surface area contributed by atoms with Crippen LogP contribution in [0.2, 0.25) is 0 Å². The molecule has 5 aliphatic rings. The molecule has 0 radical (unpaired) electrons. The first-order chi connectivity index (χ1) is 14.8. The first-order valence-corrected chi connectivity index (χ1v) is 12.5. The minimum absolute atomic E-state index is 0.106. The second kappa shape index (κ2) is 7.87. The van der Waals surface area contributed by atoms with Crippen LogP contribution >= 0.6 is 0 Å². The van der Waals surface area contributed by atoms with E-state index in [4.69, 9.17) is 18.8 Å². The Hall–Kier alpha value is -1.33. The lowest BCUT2D eigenvalue weighted by atomic mass is 9.43. The van der Waals surface area contributed by atoms with Crippen molar-refractivity contribution in [2.75, 3.05) is 26.4 Å². The maximum absolute atomic E-state index is 13.6. The van der Waals surface area contributed by atoms with Gasteiger partial charge in [-0.1, -0.05) is 6.92 Å². The first kappa shape index (κ1) is 23.8. The standard InChI is InChI=1S/C21H30F2O8S/c1-2-18(10-29-11-18)12-30-16(24)8-19-4-14-3-15(5-19)7-20(6-14,9-19)13-31-17(25)21(22,23)32(26,27)28/h14-15H,2-13H2,1H3,(H,26,27,28). The molecule has 4 saturated carbocycles. The molecule has 11 heteroatoms. The molecule has 0 spiro atoms. The molecule has 4 bridgehead atoms. The van der Waals surface area contributed by atoms with Crippen LogP contribution in [-0.2, 0) is 33.9 Å². The van der Waals surface area contributed by atoms with E-state index in [2.05, 4.69) is 0 Å². The molecule has 1 saturated heterocycles. The Balaban J connectivity index is 1.40. The highest BCUT2D eigenvalue weighted by Gasteiger charge is 2.60. The lowest BCUT2D eigenvalue weighted by molar-refractivity contribution is -0.187. The summed E-state index contributed by atoms with van der Waals surface area (Å²) < 4.78 is 73.0. The van der Waals surface area contributed by atoms with E-state index in [0.29, 0.717) is 50.9 Å². The number of halogens is 2. The third kappa shape index (κ3) is 4.27. The van der Waals surface area contributed by atoms with Crippen LogP contribution in [0.4, 0.5) is 8.78 Å². The van der Waals surface area contributed by atoms with E-state index in [1.54, 1.807) is 0 Å². The van der Waals surface area contributed by atoms with E-state index in [9.17, 15) is 26.8 Å². The Labute approximate surface area is 186 Å². The van der Waals surface area contributed by atoms with Crippen LogP contribution in [0.5, 0.6) is 0 Å². The minimum atomic E-state index is -5.90. The number of alkyl halides is 2. The van der Waals surface area contributed by atoms with Crippen LogP contribution < -0.4 is 0 Å². The summed E-state index contributed by atoms with van der Waals surface area (Å²) >= 11 is 0. The number of rotatable bonds is 9. The van der Waals surface area contributed by atoms with Gasteiger partial charge in [-0.25, -0.2) is 4.79 Å². The van der Waals surface area contributed by atoms with Crippen molar-refractivity contribution in [3.8, 4) is 0 Å². The smallest absolute Gasteiger partial charge is 0.465 e. The molecule has 5 rings (SSSR count). The third-order valence-electron chi connectivity index (χ3n) is 8.00. The molecule has 4 aliphatic carbocycles. The fourth-order valence-corrected chi connectivity index (χ4v) is 7.07. The molecule has 0 aromatic rings. The summed E-state index contributed by atoms with van der Waals surface area (Å²) in [4.78, 5) is 24.4. The Bertz CT molecular complexity index is 863. The van der Waals surface area contributed by atoms with Crippen molar-refractivity contribution in [3.05, 3.63) is 0 Å². The highest BCUT2D eigenvalue weighted by atomic mass is 32.2. The van der Waals surface area contributed by atoms with E-state index < -0.39 is 26.8 Å². The number of carbonyl (C=O) groups excluding carboxylic acids is 2. The van der Waals surface area contributed by atoms with Gasteiger partial charge in [0.05, 0.1) is 31.7 Å². The zero-order valence-corrected chi connectivity index (χ0v) is 18.9. The Kier molecular flexibility index (Phi) is 5.86. The fourth-order valence-electron chi connectivity index (χ4n) is 6.80. The largest absolute Gasteiger partial charge is 0.465 e. The number of hydrogen-bond acceptors (Lipinski definition) is 7. The predicted octanol–water partition coefficient (Wildman–Crippen LogP) is 2.96. The molecule has 2 atom stereocenters. The van der Waals surface area contributed by atoms with E-state index in [1.807, 2.05) is 6.92 Å². The topological polar surface area (TPSA) is 116 Å². The summed E-state index contributed by atoms with van der Waals surface area (Å²) in [5.74, 6) is -1.95. The molecular formula is C21H30F2O8S. The van der Waals surface area contributed by atoms with Crippen LogP contribution in [0.25, 0.3) is 0 Å². The van der Waals surface area contributed by atoms with Crippen LogP contribution in [0.1, 0.15) is 58.3 Å². The van der Waals surface area contributed by atoms with Crippen molar-refractivity contribution in [2.45, 2.75) is 63.5 Å². The molecule has 182 valence electrons. The molecule has 0 aromatic heterocycles. The van der Waals surface area contributed by atoms with Gasteiger partial charge in [-0.15, -0.1) is 0 Å². The summed E-state index contributed by atoms with van der Waals surface area (Å²) in [7, 11) is -5.90. The quantitative estimate of drug-likeness (QED) is 0.396. The number of carbonyl (C=O) groups is 2. The monoisotopic (exact) mass is 480 g/mol. The molecule has 5 fully saturated rings. The Morgan fingerprint density at radius 1 is 1.06 bits per heavy atom. The number of ether oxygens (including phenoxy) is 3. The molecule has 0 aromatic carbocycles. The second-order valence-electron chi connectivity index (χ2n) is 10.7. The predicted molar refractivity (Wildman–Crippen MR) is 106 cm³/mol. The normalized spacial score (nSPS) is 35.2. The summed E-state index contributed by atoms with van der Waals surface area (Å²) in [6, 6.07) is 0. The second-order valence-corrected chi connectivity index (χ2v) is 12.2. The molecule has 8 nitrogen and oxygen atoms in total. The fraction of sp³-hybridized carbons (Fsp3) is 0.905. The van der Waals surface area contributed by atoms with E-state index in [0.717, 1.165) is 25.7 Å². The van der Waals surface area contributed by atoms with Gasteiger partial charge in [-0.2, -0.15) is 17.2 Å². The van der Waals surface area contributed by atoms with Gasteiger partial charge in [-0.05, 0) is 62.2 Å². The van der Waals surface area contributed by atoms with Gasteiger partial charge in [0.15, 0.2) is 0 Å². The summed E-state index contributed by atoms with van der Waals surface area (Å²) in [6.07, 6.45) is 5.67. The van der Waals surface area contributed by atoms with Crippen molar-refractivity contribution in [1.82, 2.24) is 0 Å². The average molecular weight is 481 g/mol. The van der Waals surface area contributed by atoms with Crippen molar-refractivity contribution >= 4 is 22.1 Å². The lowest BCUT2D eigenvalue weighted by Gasteiger charge is -2.61. The summed E-state index contributed by atoms with van der Waals surface area (Å²) in [6.45, 7) is 3.16. The van der Waals surface area contributed by atoms with Crippen LogP contribution in [-0.4, -0.2) is 56.6 Å². The molecular weight excluding hydrogens is 450 g/mol. The van der Waals surface area contributed by atoms with Crippen molar-refractivity contribution in [2.24, 2.45) is 28.1 Å². The van der Waals surface area contributed by atoms with Crippen molar-refractivity contribution in [3.63, 3.8) is 0 Å². The van der Waals surface area contributed by atoms with Gasteiger partial charge < -0.3 is 14.2 Å². The van der Waals surface area contributed by atoms with Gasteiger partial charge in [-0.3, -0.25) is 9.35 Å². The summed E-state index contributed by atoms with van der Waals surface area (Å²) in [5, 5.41) is -5.00. The molecule has 32 heavy (non-hydrogen) atoms. The SMILES string of the molecule is CCC1(COC(=O)CC23CC4CC(CC(COC(=O)C(F)(F)S(=O)(=O)O)(C4)C2)C3)COC1.